The van der Waals surface area contributed by atoms with Gasteiger partial charge in [-0.15, -0.1) is 0 Å². The van der Waals surface area contributed by atoms with E-state index in [0.717, 1.165) is 22.2 Å². The van der Waals surface area contributed by atoms with Gasteiger partial charge in [-0.2, -0.15) is 0 Å². The van der Waals surface area contributed by atoms with Gasteiger partial charge in [0.25, 0.3) is 5.91 Å². The van der Waals surface area contributed by atoms with Crippen LogP contribution in [0.15, 0.2) is 71.1 Å². The number of anilines is 1. The van der Waals surface area contributed by atoms with Crippen molar-refractivity contribution in [1.29, 1.82) is 0 Å². The zero-order valence-electron chi connectivity index (χ0n) is 14.7. The highest BCUT2D eigenvalue weighted by molar-refractivity contribution is 6.04. The molecule has 1 N–H and O–H groups in total. The number of oxazole rings is 1. The van der Waals surface area contributed by atoms with Crippen molar-refractivity contribution in [2.45, 2.75) is 13.3 Å². The molecule has 0 radical (unpaired) electrons. The maximum Gasteiger partial charge on any atom is 0.255 e. The zero-order valence-corrected chi connectivity index (χ0v) is 14.7. The van der Waals surface area contributed by atoms with Crippen molar-refractivity contribution >= 4 is 22.7 Å². The van der Waals surface area contributed by atoms with Crippen molar-refractivity contribution in [3.05, 3.63) is 95.1 Å². The average Bonchev–Trinajstić information content (AvgIpc) is 3.06. The third kappa shape index (κ3) is 3.72. The van der Waals surface area contributed by atoms with Crippen LogP contribution in [0.5, 0.6) is 0 Å². The molecule has 0 saturated carbocycles. The number of nitrogens with zero attached hydrogens (tertiary/aromatic N) is 1. The van der Waals surface area contributed by atoms with Gasteiger partial charge in [0.2, 0.25) is 0 Å². The molecule has 134 valence electrons. The Hall–Kier alpha value is -3.47. The van der Waals surface area contributed by atoms with Gasteiger partial charge in [-0.05, 0) is 60.5 Å². The Kier molecular flexibility index (Phi) is 4.42. The van der Waals surface area contributed by atoms with Crippen LogP contribution in [0.25, 0.3) is 11.1 Å². The number of benzene rings is 3. The van der Waals surface area contributed by atoms with Crippen LogP contribution in [0.4, 0.5) is 10.1 Å². The molecule has 4 nitrogen and oxygen atoms in total. The average molecular weight is 360 g/mol. The van der Waals surface area contributed by atoms with Crippen molar-refractivity contribution in [2.75, 3.05) is 5.32 Å². The molecular formula is C22H17FN2O2. The van der Waals surface area contributed by atoms with Gasteiger partial charge in [-0.25, -0.2) is 9.37 Å². The lowest BCUT2D eigenvalue weighted by molar-refractivity contribution is 0.102. The Bertz CT molecular complexity index is 1120. The number of para-hydroxylation sites is 1. The maximum atomic E-state index is 13.0. The lowest BCUT2D eigenvalue weighted by Crippen LogP contribution is -2.12. The molecule has 3 aromatic carbocycles. The first kappa shape index (κ1) is 17.0. The van der Waals surface area contributed by atoms with Crippen LogP contribution in [-0.4, -0.2) is 10.9 Å². The van der Waals surface area contributed by atoms with Gasteiger partial charge in [0, 0.05) is 17.7 Å². The summed E-state index contributed by atoms with van der Waals surface area (Å²) in [6.07, 6.45) is 0.522. The summed E-state index contributed by atoms with van der Waals surface area (Å²) >= 11 is 0. The molecule has 0 aliphatic heterocycles. The number of carbonyl (C=O) groups is 1. The Morgan fingerprint density at radius 2 is 1.85 bits per heavy atom. The molecule has 0 unspecified atom stereocenters. The van der Waals surface area contributed by atoms with Crippen LogP contribution < -0.4 is 5.32 Å². The number of nitrogens with one attached hydrogen (secondary N) is 1. The molecule has 0 aliphatic rings. The van der Waals surface area contributed by atoms with Crippen molar-refractivity contribution in [2.24, 2.45) is 0 Å². The van der Waals surface area contributed by atoms with Gasteiger partial charge in [0.15, 0.2) is 11.5 Å². The second kappa shape index (κ2) is 7.03. The number of amides is 1. The molecule has 0 fully saturated rings. The predicted octanol–water partition coefficient (Wildman–Crippen LogP) is 5.12. The summed E-state index contributed by atoms with van der Waals surface area (Å²) in [5.74, 6) is -0.0342. The van der Waals surface area contributed by atoms with Crippen molar-refractivity contribution in [3.63, 3.8) is 0 Å². The molecule has 1 amide bonds. The van der Waals surface area contributed by atoms with Crippen molar-refractivity contribution in [3.8, 4) is 0 Å². The van der Waals surface area contributed by atoms with E-state index >= 15 is 0 Å². The number of aryl methyl sites for hydroxylation is 1. The number of halogens is 1. The molecule has 27 heavy (non-hydrogen) atoms. The van der Waals surface area contributed by atoms with Gasteiger partial charge < -0.3 is 9.73 Å². The van der Waals surface area contributed by atoms with Gasteiger partial charge in [-0.3, -0.25) is 4.79 Å². The first-order chi connectivity index (χ1) is 13.1. The van der Waals surface area contributed by atoms with E-state index in [2.05, 4.69) is 10.3 Å². The van der Waals surface area contributed by atoms with Crippen LogP contribution in [-0.2, 0) is 6.42 Å². The molecule has 1 aromatic heterocycles. The number of hydrogen-bond acceptors (Lipinski definition) is 3. The van der Waals surface area contributed by atoms with E-state index in [0.29, 0.717) is 23.6 Å². The lowest BCUT2D eigenvalue weighted by Gasteiger charge is -2.07. The molecule has 0 atom stereocenters. The third-order valence-electron chi connectivity index (χ3n) is 4.31. The van der Waals surface area contributed by atoms with Crippen LogP contribution >= 0.6 is 0 Å². The first-order valence-electron chi connectivity index (χ1n) is 8.59. The number of hydrogen-bond donors (Lipinski definition) is 1. The highest BCUT2D eigenvalue weighted by atomic mass is 19.1. The normalized spacial score (nSPS) is 10.9. The second-order valence-corrected chi connectivity index (χ2v) is 6.37. The van der Waals surface area contributed by atoms with E-state index in [9.17, 15) is 9.18 Å². The van der Waals surface area contributed by atoms with E-state index in [1.165, 1.54) is 24.3 Å². The van der Waals surface area contributed by atoms with E-state index in [1.54, 1.807) is 6.07 Å². The topological polar surface area (TPSA) is 55.1 Å². The quantitative estimate of drug-likeness (QED) is 0.550. The first-order valence-corrected chi connectivity index (χ1v) is 8.59. The van der Waals surface area contributed by atoms with E-state index in [-0.39, 0.29) is 11.7 Å². The van der Waals surface area contributed by atoms with Gasteiger partial charge in [-0.1, -0.05) is 24.3 Å². The summed E-state index contributed by atoms with van der Waals surface area (Å²) in [6.45, 7) is 2.00. The van der Waals surface area contributed by atoms with Crippen LogP contribution in [0.2, 0.25) is 0 Å². The van der Waals surface area contributed by atoms with Crippen molar-refractivity contribution < 1.29 is 13.6 Å². The lowest BCUT2D eigenvalue weighted by atomic mass is 10.1. The minimum Gasteiger partial charge on any atom is -0.440 e. The predicted molar refractivity (Wildman–Crippen MR) is 102 cm³/mol. The van der Waals surface area contributed by atoms with E-state index in [4.69, 9.17) is 4.42 Å². The molecule has 5 heteroatoms. The SMILES string of the molecule is Cc1cccc2oc(Cc3cccc(NC(=O)c4ccc(F)cc4)c3)nc12. The summed E-state index contributed by atoms with van der Waals surface area (Å²) < 4.78 is 18.8. The molecular weight excluding hydrogens is 343 g/mol. The summed E-state index contributed by atoms with van der Waals surface area (Å²) in [5.41, 5.74) is 4.74. The Balaban J connectivity index is 1.52. The standard InChI is InChI=1S/C22H17FN2O2/c1-14-4-2-7-19-21(14)25-20(27-19)13-15-5-3-6-18(12-15)24-22(26)16-8-10-17(23)11-9-16/h2-12H,13H2,1H3,(H,24,26). The molecule has 0 aliphatic carbocycles. The number of carbonyl (C=O) groups excluding carboxylic acids is 1. The minimum absolute atomic E-state index is 0.287. The second-order valence-electron chi connectivity index (χ2n) is 6.37. The Labute approximate surface area is 155 Å². The van der Waals surface area contributed by atoms with Crippen LogP contribution in [0, 0.1) is 12.7 Å². The number of rotatable bonds is 4. The smallest absolute Gasteiger partial charge is 0.255 e. The Morgan fingerprint density at radius 1 is 1.07 bits per heavy atom. The molecule has 0 spiro atoms. The number of fused-ring (bicyclic) bond motifs is 1. The third-order valence-corrected chi connectivity index (χ3v) is 4.31. The molecule has 4 rings (SSSR count). The van der Waals surface area contributed by atoms with Crippen LogP contribution in [0.1, 0.15) is 27.4 Å². The fourth-order valence-electron chi connectivity index (χ4n) is 2.95. The molecule has 0 bridgehead atoms. The summed E-state index contributed by atoms with van der Waals surface area (Å²) in [4.78, 5) is 16.8. The van der Waals surface area contributed by atoms with Gasteiger partial charge in [0.1, 0.15) is 11.3 Å². The number of aromatic nitrogens is 1. The monoisotopic (exact) mass is 360 g/mol. The molecule has 0 saturated heterocycles. The maximum absolute atomic E-state index is 13.0. The highest BCUT2D eigenvalue weighted by Gasteiger charge is 2.10. The zero-order chi connectivity index (χ0) is 18.8. The minimum atomic E-state index is -0.373. The highest BCUT2D eigenvalue weighted by Crippen LogP contribution is 2.22. The van der Waals surface area contributed by atoms with Gasteiger partial charge >= 0.3 is 0 Å². The molecule has 1 heterocycles. The molecule has 4 aromatic rings. The van der Waals surface area contributed by atoms with Gasteiger partial charge in [0.05, 0.1) is 0 Å². The Morgan fingerprint density at radius 3 is 2.63 bits per heavy atom. The van der Waals surface area contributed by atoms with E-state index in [1.807, 2.05) is 43.3 Å². The fraction of sp³-hybridized carbons (Fsp3) is 0.0909. The largest absolute Gasteiger partial charge is 0.440 e. The summed E-state index contributed by atoms with van der Waals surface area (Å²) in [5, 5.41) is 2.83. The van der Waals surface area contributed by atoms with Crippen LogP contribution in [0.3, 0.4) is 0 Å². The summed E-state index contributed by atoms with van der Waals surface area (Å²) in [7, 11) is 0. The summed E-state index contributed by atoms with van der Waals surface area (Å²) in [6, 6.07) is 18.8. The fourth-order valence-corrected chi connectivity index (χ4v) is 2.95. The van der Waals surface area contributed by atoms with Crippen molar-refractivity contribution in [1.82, 2.24) is 4.98 Å². The van der Waals surface area contributed by atoms with E-state index < -0.39 is 0 Å².